The Hall–Kier alpha value is -1.75. The lowest BCUT2D eigenvalue weighted by Crippen LogP contribution is -2.45. The number of nitrogens with zero attached hydrogens (tertiary/aromatic N) is 2. The summed E-state index contributed by atoms with van der Waals surface area (Å²) in [5.41, 5.74) is 0. The van der Waals surface area contributed by atoms with Crippen LogP contribution in [0.15, 0.2) is 24.3 Å². The summed E-state index contributed by atoms with van der Waals surface area (Å²) in [4.78, 5) is 28.4. The van der Waals surface area contributed by atoms with Crippen LogP contribution in [-0.4, -0.2) is 53.4 Å². The molecule has 1 aromatic carbocycles. The van der Waals surface area contributed by atoms with Crippen molar-refractivity contribution >= 4 is 23.4 Å². The Labute approximate surface area is 153 Å². The second-order valence-electron chi connectivity index (χ2n) is 7.14. The number of halogens is 1. The van der Waals surface area contributed by atoms with E-state index in [1.165, 1.54) is 0 Å². The minimum Gasteiger partial charge on any atom is -0.490 e. The van der Waals surface area contributed by atoms with Crippen molar-refractivity contribution in [2.45, 2.75) is 45.3 Å². The predicted molar refractivity (Wildman–Crippen MR) is 96.6 cm³/mol. The molecule has 0 saturated carbocycles. The van der Waals surface area contributed by atoms with Crippen LogP contribution >= 0.6 is 11.6 Å². The molecule has 0 spiro atoms. The number of carbonyl (C=O) groups excluding carboxylic acids is 2. The van der Waals surface area contributed by atoms with Gasteiger partial charge in [-0.1, -0.05) is 17.7 Å². The molecule has 2 saturated heterocycles. The Bertz CT molecular complexity index is 641. The van der Waals surface area contributed by atoms with Crippen molar-refractivity contribution in [3.8, 4) is 5.75 Å². The Kier molecular flexibility index (Phi) is 5.52. The molecule has 5 nitrogen and oxygen atoms in total. The van der Waals surface area contributed by atoms with Crippen molar-refractivity contribution in [1.29, 1.82) is 0 Å². The SMILES string of the molecule is CC(C)N1CC(C(=O)N2CCC(Oc3cccc(Cl)c3)CC2)CC1=O. The standard InChI is InChI=1S/C19H25ClN2O3/c1-13(2)22-12-14(10-18(22)23)19(24)21-8-6-16(7-9-21)25-17-5-3-4-15(20)11-17/h3-5,11,13-14,16H,6-10,12H2,1-2H3. The highest BCUT2D eigenvalue weighted by Gasteiger charge is 2.38. The Morgan fingerprint density at radius 1 is 1.28 bits per heavy atom. The number of rotatable bonds is 4. The third kappa shape index (κ3) is 4.27. The Balaban J connectivity index is 1.50. The van der Waals surface area contributed by atoms with E-state index in [2.05, 4.69) is 0 Å². The molecule has 1 aromatic rings. The van der Waals surface area contributed by atoms with Crippen LogP contribution in [0, 0.1) is 5.92 Å². The van der Waals surface area contributed by atoms with Crippen LogP contribution in [0.1, 0.15) is 33.1 Å². The molecule has 6 heteroatoms. The highest BCUT2D eigenvalue weighted by atomic mass is 35.5. The maximum Gasteiger partial charge on any atom is 0.227 e. The average molecular weight is 365 g/mol. The fourth-order valence-corrected chi connectivity index (χ4v) is 3.76. The van der Waals surface area contributed by atoms with E-state index in [9.17, 15) is 9.59 Å². The van der Waals surface area contributed by atoms with E-state index in [0.717, 1.165) is 18.6 Å². The zero-order valence-electron chi connectivity index (χ0n) is 14.8. The minimum absolute atomic E-state index is 0.0903. The summed E-state index contributed by atoms with van der Waals surface area (Å²) in [6.45, 7) is 5.88. The fraction of sp³-hybridized carbons (Fsp3) is 0.579. The van der Waals surface area contributed by atoms with Gasteiger partial charge in [-0.2, -0.15) is 0 Å². The third-order valence-corrected chi connectivity index (χ3v) is 5.22. The van der Waals surface area contributed by atoms with E-state index in [-0.39, 0.29) is 29.9 Å². The third-order valence-electron chi connectivity index (χ3n) is 4.98. The second-order valence-corrected chi connectivity index (χ2v) is 7.58. The van der Waals surface area contributed by atoms with Gasteiger partial charge in [-0.25, -0.2) is 0 Å². The largest absolute Gasteiger partial charge is 0.490 e. The summed E-state index contributed by atoms with van der Waals surface area (Å²) in [6.07, 6.45) is 2.04. The Morgan fingerprint density at radius 3 is 2.60 bits per heavy atom. The molecular weight excluding hydrogens is 340 g/mol. The van der Waals surface area contributed by atoms with E-state index in [1.54, 1.807) is 4.90 Å². The molecule has 2 aliphatic rings. The van der Waals surface area contributed by atoms with Crippen LogP contribution in [0.25, 0.3) is 0 Å². The molecule has 0 aromatic heterocycles. The quantitative estimate of drug-likeness (QED) is 0.825. The van der Waals surface area contributed by atoms with Crippen molar-refractivity contribution in [2.75, 3.05) is 19.6 Å². The maximum atomic E-state index is 12.7. The predicted octanol–water partition coefficient (Wildman–Crippen LogP) is 2.97. The molecular formula is C19H25ClN2O3. The number of hydrogen-bond acceptors (Lipinski definition) is 3. The monoisotopic (exact) mass is 364 g/mol. The molecule has 0 aliphatic carbocycles. The summed E-state index contributed by atoms with van der Waals surface area (Å²) in [5.74, 6) is 0.775. The molecule has 2 heterocycles. The van der Waals surface area contributed by atoms with Crippen LogP contribution in [-0.2, 0) is 9.59 Å². The van der Waals surface area contributed by atoms with Crippen molar-refractivity contribution in [1.82, 2.24) is 9.80 Å². The van der Waals surface area contributed by atoms with Crippen LogP contribution in [0.5, 0.6) is 5.75 Å². The van der Waals surface area contributed by atoms with E-state index in [1.807, 2.05) is 43.0 Å². The zero-order chi connectivity index (χ0) is 18.0. The first-order valence-corrected chi connectivity index (χ1v) is 9.32. The number of likely N-dealkylation sites (tertiary alicyclic amines) is 2. The zero-order valence-corrected chi connectivity index (χ0v) is 15.5. The highest BCUT2D eigenvalue weighted by Crippen LogP contribution is 2.26. The summed E-state index contributed by atoms with van der Waals surface area (Å²) in [5, 5.41) is 0.658. The van der Waals surface area contributed by atoms with E-state index in [0.29, 0.717) is 31.1 Å². The lowest BCUT2D eigenvalue weighted by atomic mass is 10.0. The molecule has 0 bridgehead atoms. The smallest absolute Gasteiger partial charge is 0.227 e. The van der Waals surface area contributed by atoms with Crippen LogP contribution in [0.2, 0.25) is 5.02 Å². The highest BCUT2D eigenvalue weighted by molar-refractivity contribution is 6.30. The van der Waals surface area contributed by atoms with Gasteiger partial charge in [-0.3, -0.25) is 9.59 Å². The number of ether oxygens (including phenoxy) is 1. The Morgan fingerprint density at radius 2 is 2.00 bits per heavy atom. The topological polar surface area (TPSA) is 49.9 Å². The number of carbonyl (C=O) groups is 2. The van der Waals surface area contributed by atoms with E-state index >= 15 is 0 Å². The molecule has 3 rings (SSSR count). The minimum atomic E-state index is -0.194. The first-order chi connectivity index (χ1) is 11.9. The first kappa shape index (κ1) is 18.1. The van der Waals surface area contributed by atoms with Gasteiger partial charge in [0.25, 0.3) is 0 Å². The van der Waals surface area contributed by atoms with Gasteiger partial charge >= 0.3 is 0 Å². The van der Waals surface area contributed by atoms with Crippen molar-refractivity contribution in [2.24, 2.45) is 5.92 Å². The lowest BCUT2D eigenvalue weighted by Gasteiger charge is -2.33. The summed E-state index contributed by atoms with van der Waals surface area (Å²) in [7, 11) is 0. The van der Waals surface area contributed by atoms with Gasteiger partial charge < -0.3 is 14.5 Å². The van der Waals surface area contributed by atoms with E-state index < -0.39 is 0 Å². The first-order valence-electron chi connectivity index (χ1n) is 8.94. The normalized spacial score (nSPS) is 21.9. The van der Waals surface area contributed by atoms with Crippen molar-refractivity contribution in [3.05, 3.63) is 29.3 Å². The summed E-state index contributed by atoms with van der Waals surface area (Å²) in [6, 6.07) is 7.55. The van der Waals surface area contributed by atoms with Crippen molar-refractivity contribution in [3.63, 3.8) is 0 Å². The molecule has 2 aliphatic heterocycles. The van der Waals surface area contributed by atoms with Gasteiger partial charge in [0.2, 0.25) is 11.8 Å². The molecule has 2 amide bonds. The molecule has 1 atom stereocenters. The van der Waals surface area contributed by atoms with Gasteiger partial charge in [-0.05, 0) is 32.0 Å². The summed E-state index contributed by atoms with van der Waals surface area (Å²) >= 11 is 5.98. The maximum absolute atomic E-state index is 12.7. The number of piperidine rings is 1. The van der Waals surface area contributed by atoms with Crippen LogP contribution in [0.4, 0.5) is 0 Å². The molecule has 1 unspecified atom stereocenters. The van der Waals surface area contributed by atoms with Gasteiger partial charge in [-0.15, -0.1) is 0 Å². The van der Waals surface area contributed by atoms with Gasteiger partial charge in [0.1, 0.15) is 11.9 Å². The van der Waals surface area contributed by atoms with E-state index in [4.69, 9.17) is 16.3 Å². The fourth-order valence-electron chi connectivity index (χ4n) is 3.58. The van der Waals surface area contributed by atoms with Crippen LogP contribution in [0.3, 0.4) is 0 Å². The van der Waals surface area contributed by atoms with Crippen molar-refractivity contribution < 1.29 is 14.3 Å². The van der Waals surface area contributed by atoms with Gasteiger partial charge in [0.05, 0.1) is 5.92 Å². The molecule has 2 fully saturated rings. The summed E-state index contributed by atoms with van der Waals surface area (Å²) < 4.78 is 5.97. The lowest BCUT2D eigenvalue weighted by molar-refractivity contribution is -0.137. The van der Waals surface area contributed by atoms with Crippen LogP contribution < -0.4 is 4.74 Å². The molecule has 0 N–H and O–H groups in total. The van der Waals surface area contributed by atoms with Gasteiger partial charge in [0.15, 0.2) is 0 Å². The molecule has 136 valence electrons. The second kappa shape index (κ2) is 7.65. The molecule has 0 radical (unpaired) electrons. The number of benzene rings is 1. The molecule has 25 heavy (non-hydrogen) atoms. The average Bonchev–Trinajstić information content (AvgIpc) is 2.97. The number of hydrogen-bond donors (Lipinski definition) is 0. The van der Waals surface area contributed by atoms with Gasteiger partial charge in [0, 0.05) is 50.0 Å². The number of amides is 2.